The summed E-state index contributed by atoms with van der Waals surface area (Å²) in [5.41, 5.74) is 1.51. The molecular weight excluding hydrogens is 302 g/mol. The molecule has 0 unspecified atom stereocenters. The van der Waals surface area contributed by atoms with Crippen molar-refractivity contribution in [3.63, 3.8) is 0 Å². The summed E-state index contributed by atoms with van der Waals surface area (Å²) in [6.07, 6.45) is 20.3. The van der Waals surface area contributed by atoms with Gasteiger partial charge in [0, 0.05) is 25.0 Å². The van der Waals surface area contributed by atoms with Crippen molar-refractivity contribution in [1.29, 1.82) is 0 Å². The Labute approximate surface area is 151 Å². The Morgan fingerprint density at radius 1 is 0.696 bits per heavy atom. The predicted octanol–water partition coefficient (Wildman–Crippen LogP) is 3.24. The third kappa shape index (κ3) is 11.6. The van der Waals surface area contributed by atoms with E-state index in [1.807, 2.05) is 0 Å². The van der Waals surface area contributed by atoms with E-state index in [1.165, 1.54) is 95.7 Å². The Kier molecular flexibility index (Phi) is 15.9. The third-order valence-corrected chi connectivity index (χ3v) is 4.57. The number of hydrogen-bond donors (Lipinski definition) is 0. The van der Waals surface area contributed by atoms with Crippen molar-refractivity contribution in [2.24, 2.45) is 0 Å². The van der Waals surface area contributed by atoms with Crippen LogP contribution in [-0.2, 0) is 13.0 Å². The summed E-state index contributed by atoms with van der Waals surface area (Å²) in [4.78, 5) is 0. The Hall–Kier alpha value is -0.560. The van der Waals surface area contributed by atoms with E-state index in [0.29, 0.717) is 0 Å². The minimum Gasteiger partial charge on any atom is -1.00 e. The molecule has 1 heterocycles. The van der Waals surface area contributed by atoms with Gasteiger partial charge in [0.05, 0.1) is 0 Å². The monoisotopic (exact) mass is 339 g/mol. The van der Waals surface area contributed by atoms with Gasteiger partial charge in [-0.25, -0.2) is 4.57 Å². The maximum atomic E-state index is 2.47. The van der Waals surface area contributed by atoms with Crippen molar-refractivity contribution in [1.82, 2.24) is 0 Å². The van der Waals surface area contributed by atoms with E-state index < -0.39 is 0 Å². The smallest absolute Gasteiger partial charge is 0.181 e. The normalized spacial score (nSPS) is 10.5. The number of rotatable bonds is 14. The molecular formula is C21H38ClN. The first-order valence-electron chi connectivity index (χ1n) is 9.85. The molecule has 0 radical (unpaired) electrons. The van der Waals surface area contributed by atoms with Crippen LogP contribution in [0, 0.1) is 0 Å². The summed E-state index contributed by atoms with van der Waals surface area (Å²) in [5, 5.41) is 0. The van der Waals surface area contributed by atoms with E-state index >= 15 is 0 Å². The zero-order valence-electron chi connectivity index (χ0n) is 15.5. The summed E-state index contributed by atoms with van der Waals surface area (Å²) < 4.78 is 2.47. The lowest BCUT2D eigenvalue weighted by Gasteiger charge is -2.04. The van der Waals surface area contributed by atoms with Gasteiger partial charge in [-0.05, 0) is 12.8 Å². The lowest BCUT2D eigenvalue weighted by Crippen LogP contribution is -3.00. The summed E-state index contributed by atoms with van der Waals surface area (Å²) in [6.45, 7) is 5.77. The summed E-state index contributed by atoms with van der Waals surface area (Å²) in [6, 6.07) is 6.65. The number of pyridine rings is 1. The second kappa shape index (κ2) is 16.3. The number of halogens is 1. The van der Waals surface area contributed by atoms with Gasteiger partial charge in [-0.15, -0.1) is 0 Å². The SMILES string of the molecule is CCCCCCCCCCCC[n+]1ccccc1CCCC.[Cl-]. The van der Waals surface area contributed by atoms with Crippen molar-refractivity contribution in [2.45, 2.75) is 104 Å². The summed E-state index contributed by atoms with van der Waals surface area (Å²) >= 11 is 0. The first-order valence-corrected chi connectivity index (χ1v) is 9.85. The summed E-state index contributed by atoms with van der Waals surface area (Å²) in [7, 11) is 0. The van der Waals surface area contributed by atoms with Gasteiger partial charge in [-0.2, -0.15) is 0 Å². The molecule has 23 heavy (non-hydrogen) atoms. The van der Waals surface area contributed by atoms with Gasteiger partial charge in [0.2, 0.25) is 0 Å². The Morgan fingerprint density at radius 3 is 1.87 bits per heavy atom. The molecule has 2 heteroatoms. The Balaban J connectivity index is 0.00000484. The molecule has 0 bridgehead atoms. The molecule has 1 aromatic rings. The molecule has 0 N–H and O–H groups in total. The molecule has 0 aromatic carbocycles. The van der Waals surface area contributed by atoms with Crippen molar-refractivity contribution in [3.05, 3.63) is 30.1 Å². The third-order valence-electron chi connectivity index (χ3n) is 4.57. The maximum Gasteiger partial charge on any atom is 0.181 e. The van der Waals surface area contributed by atoms with Crippen LogP contribution in [0.25, 0.3) is 0 Å². The second-order valence-electron chi connectivity index (χ2n) is 6.67. The average Bonchev–Trinajstić information content (AvgIpc) is 2.55. The van der Waals surface area contributed by atoms with Crippen LogP contribution in [0.5, 0.6) is 0 Å². The van der Waals surface area contributed by atoms with E-state index in [0.717, 1.165) is 0 Å². The highest BCUT2D eigenvalue weighted by Crippen LogP contribution is 2.10. The van der Waals surface area contributed by atoms with Gasteiger partial charge < -0.3 is 12.4 Å². The molecule has 1 nitrogen and oxygen atoms in total. The average molecular weight is 340 g/mol. The lowest BCUT2D eigenvalue weighted by atomic mass is 10.1. The number of nitrogens with zero attached hydrogens (tertiary/aromatic N) is 1. The molecule has 0 aliphatic heterocycles. The minimum atomic E-state index is 0. The number of hydrogen-bond acceptors (Lipinski definition) is 0. The number of aromatic nitrogens is 1. The molecule has 1 aromatic heterocycles. The highest BCUT2D eigenvalue weighted by Gasteiger charge is 2.08. The topological polar surface area (TPSA) is 3.88 Å². The molecule has 0 aliphatic carbocycles. The molecule has 0 aliphatic rings. The van der Waals surface area contributed by atoms with Crippen LogP contribution in [0.15, 0.2) is 24.4 Å². The highest BCUT2D eigenvalue weighted by atomic mass is 35.5. The van der Waals surface area contributed by atoms with Crippen LogP contribution < -0.4 is 17.0 Å². The van der Waals surface area contributed by atoms with Gasteiger partial charge in [0.15, 0.2) is 11.9 Å². The second-order valence-corrected chi connectivity index (χ2v) is 6.67. The zero-order valence-corrected chi connectivity index (χ0v) is 16.3. The summed E-state index contributed by atoms with van der Waals surface area (Å²) in [5.74, 6) is 0. The quantitative estimate of drug-likeness (QED) is 0.362. The van der Waals surface area contributed by atoms with E-state index in [4.69, 9.17) is 0 Å². The van der Waals surface area contributed by atoms with E-state index in [1.54, 1.807) is 0 Å². The first-order chi connectivity index (χ1) is 10.9. The fourth-order valence-electron chi connectivity index (χ4n) is 3.08. The standard InChI is InChI=1S/C21H38N.ClH/c1-3-5-7-8-9-10-11-12-13-15-19-22-20-16-14-18-21(22)17-6-4-2;/h14,16,18,20H,3-13,15,17,19H2,1-2H3;1H/q+1;/p-1. The molecule has 134 valence electrons. The first kappa shape index (κ1) is 22.4. The van der Waals surface area contributed by atoms with Crippen LogP contribution in [-0.4, -0.2) is 0 Å². The molecule has 0 fully saturated rings. The van der Waals surface area contributed by atoms with Gasteiger partial charge in [0.25, 0.3) is 0 Å². The van der Waals surface area contributed by atoms with Crippen molar-refractivity contribution < 1.29 is 17.0 Å². The lowest BCUT2D eigenvalue weighted by molar-refractivity contribution is -0.704. The molecule has 0 saturated carbocycles. The molecule has 0 amide bonds. The number of aryl methyl sites for hydroxylation is 2. The van der Waals surface area contributed by atoms with E-state index in [9.17, 15) is 0 Å². The van der Waals surface area contributed by atoms with E-state index in [-0.39, 0.29) is 12.4 Å². The highest BCUT2D eigenvalue weighted by molar-refractivity contribution is 4.97. The minimum absolute atomic E-state index is 0. The van der Waals surface area contributed by atoms with Crippen LogP contribution in [0.2, 0.25) is 0 Å². The van der Waals surface area contributed by atoms with Crippen LogP contribution >= 0.6 is 0 Å². The number of unbranched alkanes of at least 4 members (excludes halogenated alkanes) is 10. The van der Waals surface area contributed by atoms with Crippen LogP contribution in [0.4, 0.5) is 0 Å². The van der Waals surface area contributed by atoms with Crippen molar-refractivity contribution >= 4 is 0 Å². The molecule has 0 saturated heterocycles. The molecule has 0 atom stereocenters. The fraction of sp³-hybridized carbons (Fsp3) is 0.762. The molecule has 1 rings (SSSR count). The van der Waals surface area contributed by atoms with Crippen LogP contribution in [0.3, 0.4) is 0 Å². The van der Waals surface area contributed by atoms with Gasteiger partial charge in [0.1, 0.15) is 6.54 Å². The maximum absolute atomic E-state index is 2.47. The van der Waals surface area contributed by atoms with E-state index in [2.05, 4.69) is 42.8 Å². The fourth-order valence-corrected chi connectivity index (χ4v) is 3.08. The zero-order chi connectivity index (χ0) is 15.9. The largest absolute Gasteiger partial charge is 1.00 e. The van der Waals surface area contributed by atoms with Gasteiger partial charge in [-0.3, -0.25) is 0 Å². The van der Waals surface area contributed by atoms with Crippen LogP contribution in [0.1, 0.15) is 96.6 Å². The molecule has 0 spiro atoms. The predicted molar refractivity (Wildman–Crippen MR) is 97.1 cm³/mol. The van der Waals surface area contributed by atoms with Crippen molar-refractivity contribution in [2.75, 3.05) is 0 Å². The van der Waals surface area contributed by atoms with Gasteiger partial charge >= 0.3 is 0 Å². The van der Waals surface area contributed by atoms with Crippen molar-refractivity contribution in [3.8, 4) is 0 Å². The Bertz CT molecular complexity index is 365. The van der Waals surface area contributed by atoms with Gasteiger partial charge in [-0.1, -0.05) is 77.7 Å². The Morgan fingerprint density at radius 2 is 1.26 bits per heavy atom.